The average molecular weight is 310 g/mol. The number of nitrogens with one attached hydrogen (secondary N) is 1. The Bertz CT molecular complexity index is 585. The highest BCUT2D eigenvalue weighted by molar-refractivity contribution is 5.20. The van der Waals surface area contributed by atoms with E-state index in [4.69, 9.17) is 0 Å². The Kier molecular flexibility index (Phi) is 5.15. The van der Waals surface area contributed by atoms with Crippen molar-refractivity contribution in [1.82, 2.24) is 10.3 Å². The van der Waals surface area contributed by atoms with Crippen LogP contribution in [0.5, 0.6) is 0 Å². The number of benzene rings is 1. The maximum absolute atomic E-state index is 12.4. The van der Waals surface area contributed by atoms with Gasteiger partial charge in [-0.2, -0.15) is 13.2 Å². The summed E-state index contributed by atoms with van der Waals surface area (Å²) in [5.41, 5.74) is 0.454. The first-order valence-electron chi connectivity index (χ1n) is 6.87. The molecule has 3 nitrogen and oxygen atoms in total. The van der Waals surface area contributed by atoms with E-state index in [2.05, 4.69) is 10.3 Å². The van der Waals surface area contributed by atoms with E-state index >= 15 is 0 Å². The molecular weight excluding hydrogens is 293 g/mol. The lowest BCUT2D eigenvalue weighted by atomic mass is 10.1. The van der Waals surface area contributed by atoms with E-state index in [1.165, 1.54) is 6.07 Å². The highest BCUT2D eigenvalue weighted by atomic mass is 19.4. The second kappa shape index (κ2) is 6.89. The molecule has 0 saturated carbocycles. The SMILES string of the molecule is C[C@H](NC[C@@H](O)c1ccc(C(F)(F)F)nc1)c1ccccc1. The van der Waals surface area contributed by atoms with Crippen molar-refractivity contribution in [3.63, 3.8) is 0 Å². The van der Waals surface area contributed by atoms with Gasteiger partial charge in [-0.15, -0.1) is 0 Å². The molecule has 0 spiro atoms. The van der Waals surface area contributed by atoms with Crippen LogP contribution in [0.25, 0.3) is 0 Å². The van der Waals surface area contributed by atoms with Gasteiger partial charge in [0, 0.05) is 24.3 Å². The number of aliphatic hydroxyl groups is 1. The lowest BCUT2D eigenvalue weighted by molar-refractivity contribution is -0.141. The second-order valence-corrected chi connectivity index (χ2v) is 5.03. The van der Waals surface area contributed by atoms with Gasteiger partial charge in [0.15, 0.2) is 0 Å². The molecular formula is C16H17F3N2O. The summed E-state index contributed by atoms with van der Waals surface area (Å²) in [5.74, 6) is 0. The van der Waals surface area contributed by atoms with Gasteiger partial charge >= 0.3 is 6.18 Å². The predicted octanol–water partition coefficient (Wildman–Crippen LogP) is 3.48. The van der Waals surface area contributed by atoms with E-state index in [9.17, 15) is 18.3 Å². The molecule has 2 atom stereocenters. The molecule has 1 heterocycles. The van der Waals surface area contributed by atoms with Crippen molar-refractivity contribution in [2.75, 3.05) is 6.54 Å². The molecule has 2 aromatic rings. The van der Waals surface area contributed by atoms with Crippen molar-refractivity contribution in [2.45, 2.75) is 25.2 Å². The van der Waals surface area contributed by atoms with E-state index < -0.39 is 18.0 Å². The summed E-state index contributed by atoms with van der Waals surface area (Å²) in [7, 11) is 0. The van der Waals surface area contributed by atoms with Crippen LogP contribution in [0.3, 0.4) is 0 Å². The fourth-order valence-electron chi connectivity index (χ4n) is 2.04. The van der Waals surface area contributed by atoms with E-state index in [0.29, 0.717) is 5.56 Å². The molecule has 0 unspecified atom stereocenters. The molecule has 1 aromatic heterocycles. The Labute approximate surface area is 126 Å². The van der Waals surface area contributed by atoms with E-state index in [1.54, 1.807) is 0 Å². The predicted molar refractivity (Wildman–Crippen MR) is 77.1 cm³/mol. The van der Waals surface area contributed by atoms with Gasteiger partial charge in [0.1, 0.15) is 5.69 Å². The standard InChI is InChI=1S/C16H17F3N2O/c1-11(12-5-3-2-4-6-12)20-10-14(22)13-7-8-15(21-9-13)16(17,18)19/h2-9,11,14,20,22H,10H2,1H3/t11-,14+/m0/s1. The van der Waals surface area contributed by atoms with Gasteiger partial charge in [0.2, 0.25) is 0 Å². The summed E-state index contributed by atoms with van der Waals surface area (Å²) < 4.78 is 37.3. The van der Waals surface area contributed by atoms with E-state index in [-0.39, 0.29) is 12.6 Å². The molecule has 2 rings (SSSR count). The number of alkyl halides is 3. The average Bonchev–Trinajstić information content (AvgIpc) is 2.52. The van der Waals surface area contributed by atoms with Crippen LogP contribution in [0.15, 0.2) is 48.7 Å². The zero-order valence-corrected chi connectivity index (χ0v) is 12.0. The summed E-state index contributed by atoms with van der Waals surface area (Å²) in [6.45, 7) is 2.18. The molecule has 118 valence electrons. The van der Waals surface area contributed by atoms with Crippen molar-refractivity contribution in [3.8, 4) is 0 Å². The molecule has 0 bridgehead atoms. The molecule has 2 N–H and O–H groups in total. The summed E-state index contributed by atoms with van der Waals surface area (Å²) in [6.07, 6.45) is -4.33. The maximum atomic E-state index is 12.4. The summed E-state index contributed by atoms with van der Waals surface area (Å²) in [5, 5.41) is 13.2. The van der Waals surface area contributed by atoms with Crippen LogP contribution in [0, 0.1) is 0 Å². The number of aliphatic hydroxyl groups excluding tert-OH is 1. The lowest BCUT2D eigenvalue weighted by Gasteiger charge is -2.18. The maximum Gasteiger partial charge on any atom is 0.433 e. The second-order valence-electron chi connectivity index (χ2n) is 5.03. The van der Waals surface area contributed by atoms with Crippen LogP contribution < -0.4 is 5.32 Å². The first kappa shape index (κ1) is 16.5. The van der Waals surface area contributed by atoms with Gasteiger partial charge in [-0.1, -0.05) is 36.4 Å². The van der Waals surface area contributed by atoms with Crippen LogP contribution in [0.4, 0.5) is 13.2 Å². The molecule has 0 fully saturated rings. The zero-order chi connectivity index (χ0) is 16.2. The third-order valence-electron chi connectivity index (χ3n) is 3.38. The summed E-state index contributed by atoms with van der Waals surface area (Å²) in [6, 6.07) is 11.8. The first-order chi connectivity index (χ1) is 10.4. The third-order valence-corrected chi connectivity index (χ3v) is 3.38. The minimum absolute atomic E-state index is 0.0262. The van der Waals surface area contributed by atoms with Crippen molar-refractivity contribution in [3.05, 3.63) is 65.5 Å². The minimum Gasteiger partial charge on any atom is -0.387 e. The molecule has 6 heteroatoms. The lowest BCUT2D eigenvalue weighted by Crippen LogP contribution is -2.24. The van der Waals surface area contributed by atoms with Crippen molar-refractivity contribution >= 4 is 0 Å². The van der Waals surface area contributed by atoms with Gasteiger partial charge in [-0.3, -0.25) is 4.98 Å². The van der Waals surface area contributed by atoms with Crippen LogP contribution in [0.2, 0.25) is 0 Å². The number of hydrogen-bond donors (Lipinski definition) is 2. The number of nitrogens with zero attached hydrogens (tertiary/aromatic N) is 1. The van der Waals surface area contributed by atoms with Crippen molar-refractivity contribution < 1.29 is 18.3 Å². The quantitative estimate of drug-likeness (QED) is 0.888. The zero-order valence-electron chi connectivity index (χ0n) is 12.0. The van der Waals surface area contributed by atoms with Crippen LogP contribution in [-0.4, -0.2) is 16.6 Å². The summed E-state index contributed by atoms with van der Waals surface area (Å²) in [4.78, 5) is 3.34. The number of aromatic nitrogens is 1. The number of halogens is 3. The van der Waals surface area contributed by atoms with Gasteiger partial charge in [-0.05, 0) is 18.6 Å². The highest BCUT2D eigenvalue weighted by Crippen LogP contribution is 2.27. The fraction of sp³-hybridized carbons (Fsp3) is 0.312. The Morgan fingerprint density at radius 1 is 1.09 bits per heavy atom. The first-order valence-corrected chi connectivity index (χ1v) is 6.87. The van der Waals surface area contributed by atoms with Crippen LogP contribution in [-0.2, 0) is 6.18 Å². The Hall–Kier alpha value is -1.92. The molecule has 0 aliphatic carbocycles. The molecule has 0 amide bonds. The molecule has 0 aliphatic heterocycles. The molecule has 22 heavy (non-hydrogen) atoms. The largest absolute Gasteiger partial charge is 0.433 e. The number of hydrogen-bond acceptors (Lipinski definition) is 3. The molecule has 0 aliphatic rings. The Balaban J connectivity index is 1.93. The van der Waals surface area contributed by atoms with Gasteiger partial charge in [0.25, 0.3) is 0 Å². The minimum atomic E-state index is -4.47. The number of pyridine rings is 1. The highest BCUT2D eigenvalue weighted by Gasteiger charge is 2.32. The smallest absolute Gasteiger partial charge is 0.387 e. The van der Waals surface area contributed by atoms with E-state index in [0.717, 1.165) is 17.8 Å². The Morgan fingerprint density at radius 3 is 2.32 bits per heavy atom. The van der Waals surface area contributed by atoms with E-state index in [1.807, 2.05) is 37.3 Å². The molecule has 1 aromatic carbocycles. The third kappa shape index (κ3) is 4.29. The van der Waals surface area contributed by atoms with Crippen LogP contribution >= 0.6 is 0 Å². The Morgan fingerprint density at radius 2 is 1.77 bits per heavy atom. The van der Waals surface area contributed by atoms with Gasteiger partial charge < -0.3 is 10.4 Å². The topological polar surface area (TPSA) is 45.1 Å². The van der Waals surface area contributed by atoms with Gasteiger partial charge in [0.05, 0.1) is 6.10 Å². The molecule has 0 radical (unpaired) electrons. The number of rotatable bonds is 5. The van der Waals surface area contributed by atoms with Crippen molar-refractivity contribution in [1.29, 1.82) is 0 Å². The normalized spacial score (nSPS) is 14.6. The van der Waals surface area contributed by atoms with Crippen molar-refractivity contribution in [2.24, 2.45) is 0 Å². The monoisotopic (exact) mass is 310 g/mol. The fourth-order valence-corrected chi connectivity index (χ4v) is 2.04. The molecule has 0 saturated heterocycles. The summed E-state index contributed by atoms with van der Waals surface area (Å²) >= 11 is 0. The van der Waals surface area contributed by atoms with Gasteiger partial charge in [-0.25, -0.2) is 0 Å². The van der Waals surface area contributed by atoms with Crippen LogP contribution in [0.1, 0.15) is 35.9 Å².